The molecule has 0 saturated carbocycles. The van der Waals surface area contributed by atoms with E-state index >= 15 is 0 Å². The summed E-state index contributed by atoms with van der Waals surface area (Å²) in [6.45, 7) is 6.58. The van der Waals surface area contributed by atoms with E-state index in [9.17, 15) is 4.79 Å². The standard InChI is InChI=1S/C25H30N4O2/c1-19-22(20(2)29(27-19)21-10-5-3-6-11-21)13-14-25(30)26-18-23(24-12-9-17-31-24)28-15-7-4-8-16-28/h3,5-6,9-14,17,23H,4,7-8,15-16,18H2,1-2H3,(H,26,30)/b14-13+. The topological polar surface area (TPSA) is 63.3 Å². The van der Waals surface area contributed by atoms with Crippen LogP contribution in [0.15, 0.2) is 59.2 Å². The van der Waals surface area contributed by atoms with Crippen LogP contribution in [0, 0.1) is 13.8 Å². The van der Waals surface area contributed by atoms with Crippen molar-refractivity contribution in [3.05, 3.63) is 77.5 Å². The van der Waals surface area contributed by atoms with Crippen LogP contribution in [-0.4, -0.2) is 40.2 Å². The molecule has 0 radical (unpaired) electrons. The van der Waals surface area contributed by atoms with Crippen molar-refractivity contribution >= 4 is 12.0 Å². The van der Waals surface area contributed by atoms with E-state index < -0.39 is 0 Å². The molecule has 6 heteroatoms. The first kappa shape index (κ1) is 21.1. The number of nitrogens with zero attached hydrogens (tertiary/aromatic N) is 3. The number of amides is 1. The summed E-state index contributed by atoms with van der Waals surface area (Å²) in [6.07, 6.45) is 8.80. The van der Waals surface area contributed by atoms with Gasteiger partial charge in [0, 0.05) is 23.9 Å². The second kappa shape index (κ2) is 9.79. The molecular weight excluding hydrogens is 388 g/mol. The van der Waals surface area contributed by atoms with Crippen LogP contribution in [0.1, 0.15) is 48.0 Å². The number of carbonyl (C=O) groups excluding carboxylic acids is 1. The van der Waals surface area contributed by atoms with Crippen LogP contribution in [0.5, 0.6) is 0 Å². The van der Waals surface area contributed by atoms with Crippen LogP contribution in [0.2, 0.25) is 0 Å². The zero-order valence-corrected chi connectivity index (χ0v) is 18.3. The van der Waals surface area contributed by atoms with E-state index in [0.717, 1.165) is 41.5 Å². The molecule has 2 aromatic heterocycles. The lowest BCUT2D eigenvalue weighted by molar-refractivity contribution is -0.116. The first-order valence-corrected chi connectivity index (χ1v) is 11.0. The Hall–Kier alpha value is -3.12. The maximum atomic E-state index is 12.6. The van der Waals surface area contributed by atoms with Crippen molar-refractivity contribution in [2.75, 3.05) is 19.6 Å². The van der Waals surface area contributed by atoms with Crippen molar-refractivity contribution in [2.45, 2.75) is 39.2 Å². The number of carbonyl (C=O) groups is 1. The molecule has 31 heavy (non-hydrogen) atoms. The van der Waals surface area contributed by atoms with Gasteiger partial charge in [0.15, 0.2) is 0 Å². The molecule has 0 spiro atoms. The fraction of sp³-hybridized carbons (Fsp3) is 0.360. The Balaban J connectivity index is 1.43. The predicted molar refractivity (Wildman–Crippen MR) is 122 cm³/mol. The van der Waals surface area contributed by atoms with Crippen LogP contribution in [-0.2, 0) is 4.79 Å². The summed E-state index contributed by atoms with van der Waals surface area (Å²) in [4.78, 5) is 15.0. The first-order chi connectivity index (χ1) is 15.1. The molecular formula is C25H30N4O2. The number of rotatable bonds is 7. The fourth-order valence-corrected chi connectivity index (χ4v) is 4.25. The molecule has 1 saturated heterocycles. The largest absolute Gasteiger partial charge is 0.468 e. The monoisotopic (exact) mass is 418 g/mol. The summed E-state index contributed by atoms with van der Waals surface area (Å²) in [6, 6.07) is 14.0. The number of hydrogen-bond donors (Lipinski definition) is 1. The lowest BCUT2D eigenvalue weighted by atomic mass is 10.1. The molecule has 3 heterocycles. The number of likely N-dealkylation sites (tertiary alicyclic amines) is 1. The van der Waals surface area contributed by atoms with Crippen molar-refractivity contribution in [2.24, 2.45) is 0 Å². The molecule has 0 aliphatic carbocycles. The molecule has 4 rings (SSSR count). The summed E-state index contributed by atoms with van der Waals surface area (Å²) >= 11 is 0. The summed E-state index contributed by atoms with van der Waals surface area (Å²) in [5.74, 6) is 0.793. The third-order valence-corrected chi connectivity index (χ3v) is 5.92. The van der Waals surface area contributed by atoms with Gasteiger partial charge in [0.1, 0.15) is 5.76 Å². The molecule has 1 unspecified atom stereocenters. The van der Waals surface area contributed by atoms with Crippen molar-refractivity contribution in [3.63, 3.8) is 0 Å². The average Bonchev–Trinajstić information content (AvgIpc) is 3.42. The normalized spacial score (nSPS) is 15.9. The van der Waals surface area contributed by atoms with Crippen LogP contribution < -0.4 is 5.32 Å². The summed E-state index contributed by atoms with van der Waals surface area (Å²) in [5, 5.41) is 7.70. The summed E-state index contributed by atoms with van der Waals surface area (Å²) in [7, 11) is 0. The highest BCUT2D eigenvalue weighted by molar-refractivity contribution is 5.92. The highest BCUT2D eigenvalue weighted by Gasteiger charge is 2.24. The Bertz CT molecular complexity index is 1020. The molecule has 6 nitrogen and oxygen atoms in total. The van der Waals surface area contributed by atoms with Gasteiger partial charge < -0.3 is 9.73 Å². The van der Waals surface area contributed by atoms with Crippen molar-refractivity contribution < 1.29 is 9.21 Å². The minimum Gasteiger partial charge on any atom is -0.468 e. The van der Waals surface area contributed by atoms with Gasteiger partial charge in [-0.2, -0.15) is 5.10 Å². The van der Waals surface area contributed by atoms with Gasteiger partial charge in [-0.05, 0) is 70.1 Å². The van der Waals surface area contributed by atoms with Gasteiger partial charge in [0.25, 0.3) is 0 Å². The number of hydrogen-bond acceptors (Lipinski definition) is 4. The molecule has 1 amide bonds. The van der Waals surface area contributed by atoms with Crippen LogP contribution in [0.3, 0.4) is 0 Å². The van der Waals surface area contributed by atoms with Crippen LogP contribution >= 0.6 is 0 Å². The third-order valence-electron chi connectivity index (χ3n) is 5.92. The first-order valence-electron chi connectivity index (χ1n) is 11.0. The number of aryl methyl sites for hydroxylation is 1. The van der Waals surface area contributed by atoms with E-state index in [2.05, 4.69) is 15.3 Å². The number of benzene rings is 1. The van der Waals surface area contributed by atoms with Crippen molar-refractivity contribution in [1.29, 1.82) is 0 Å². The molecule has 1 aliphatic rings. The van der Waals surface area contributed by atoms with E-state index in [1.807, 2.05) is 67.1 Å². The number of para-hydroxylation sites is 1. The number of piperidine rings is 1. The minimum absolute atomic E-state index is 0.0666. The Kier molecular flexibility index (Phi) is 6.67. The van der Waals surface area contributed by atoms with E-state index in [-0.39, 0.29) is 11.9 Å². The van der Waals surface area contributed by atoms with Crippen molar-refractivity contribution in [1.82, 2.24) is 20.0 Å². The average molecular weight is 419 g/mol. The Morgan fingerprint density at radius 2 is 1.90 bits per heavy atom. The zero-order valence-electron chi connectivity index (χ0n) is 18.3. The van der Waals surface area contributed by atoms with Gasteiger partial charge in [-0.3, -0.25) is 9.69 Å². The molecule has 0 bridgehead atoms. The molecule has 1 aliphatic heterocycles. The van der Waals surface area contributed by atoms with E-state index in [0.29, 0.717) is 6.54 Å². The van der Waals surface area contributed by atoms with Gasteiger partial charge in [-0.15, -0.1) is 0 Å². The van der Waals surface area contributed by atoms with Crippen LogP contribution in [0.4, 0.5) is 0 Å². The van der Waals surface area contributed by atoms with E-state index in [1.54, 1.807) is 12.3 Å². The van der Waals surface area contributed by atoms with Gasteiger partial charge in [-0.25, -0.2) is 4.68 Å². The quantitative estimate of drug-likeness (QED) is 0.576. The van der Waals surface area contributed by atoms with Gasteiger partial charge >= 0.3 is 0 Å². The maximum absolute atomic E-state index is 12.6. The van der Waals surface area contributed by atoms with Gasteiger partial charge in [-0.1, -0.05) is 24.6 Å². The lowest BCUT2D eigenvalue weighted by Gasteiger charge is -2.33. The Morgan fingerprint density at radius 1 is 1.13 bits per heavy atom. The van der Waals surface area contributed by atoms with Gasteiger partial charge in [0.2, 0.25) is 5.91 Å². The molecule has 1 aromatic carbocycles. The number of nitrogens with one attached hydrogen (secondary N) is 1. The number of aromatic nitrogens is 2. The van der Waals surface area contributed by atoms with Crippen LogP contribution in [0.25, 0.3) is 11.8 Å². The summed E-state index contributed by atoms with van der Waals surface area (Å²) < 4.78 is 7.58. The van der Waals surface area contributed by atoms with Crippen molar-refractivity contribution in [3.8, 4) is 5.69 Å². The highest BCUT2D eigenvalue weighted by Crippen LogP contribution is 2.24. The highest BCUT2D eigenvalue weighted by atomic mass is 16.3. The third kappa shape index (κ3) is 4.97. The Morgan fingerprint density at radius 3 is 2.61 bits per heavy atom. The van der Waals surface area contributed by atoms with Gasteiger partial charge in [0.05, 0.1) is 23.7 Å². The molecule has 1 atom stereocenters. The molecule has 162 valence electrons. The SMILES string of the molecule is Cc1nn(-c2ccccc2)c(C)c1/C=C/C(=O)NCC(c1ccco1)N1CCCCC1. The second-order valence-corrected chi connectivity index (χ2v) is 8.04. The molecule has 3 aromatic rings. The molecule has 1 fully saturated rings. The fourth-order valence-electron chi connectivity index (χ4n) is 4.25. The second-order valence-electron chi connectivity index (χ2n) is 8.04. The number of furan rings is 1. The molecule has 1 N–H and O–H groups in total. The van der Waals surface area contributed by atoms with E-state index in [4.69, 9.17) is 4.42 Å². The van der Waals surface area contributed by atoms with E-state index in [1.165, 1.54) is 19.3 Å². The zero-order chi connectivity index (χ0) is 21.6. The smallest absolute Gasteiger partial charge is 0.244 e. The lowest BCUT2D eigenvalue weighted by Crippen LogP contribution is -2.40. The maximum Gasteiger partial charge on any atom is 0.244 e. The Labute approximate surface area is 183 Å². The summed E-state index contributed by atoms with van der Waals surface area (Å²) in [5.41, 5.74) is 3.88. The minimum atomic E-state index is -0.111. The predicted octanol–water partition coefficient (Wildman–Crippen LogP) is 4.44.